The van der Waals surface area contributed by atoms with E-state index in [0.29, 0.717) is 0 Å². The minimum absolute atomic E-state index is 1.02. The van der Waals surface area contributed by atoms with Gasteiger partial charge in [0.15, 0.2) is 0 Å². The fourth-order valence-corrected chi connectivity index (χ4v) is 3.32. The van der Waals surface area contributed by atoms with Crippen molar-refractivity contribution < 1.29 is 14.0 Å². The molecule has 0 aliphatic carbocycles. The van der Waals surface area contributed by atoms with Crippen LogP contribution in [0, 0.1) is 20.8 Å². The Morgan fingerprint density at radius 3 is 2.32 bits per heavy atom. The van der Waals surface area contributed by atoms with E-state index >= 15 is 0 Å². The fraction of sp³-hybridized carbons (Fsp3) is 0.417. The van der Waals surface area contributed by atoms with Crippen LogP contribution in [0.15, 0.2) is 28.7 Å². The van der Waals surface area contributed by atoms with Gasteiger partial charge in [-0.15, -0.1) is 0 Å². The van der Waals surface area contributed by atoms with Gasteiger partial charge in [-0.3, -0.25) is 0 Å². The van der Waals surface area contributed by atoms with Crippen LogP contribution < -0.4 is 5.32 Å². The van der Waals surface area contributed by atoms with Crippen molar-refractivity contribution in [3.8, 4) is 0 Å². The van der Waals surface area contributed by atoms with Crippen LogP contribution in [0.5, 0.6) is 0 Å². The van der Waals surface area contributed by atoms with Gasteiger partial charge in [0.05, 0.1) is 0 Å². The molecule has 2 heterocycles. The lowest BCUT2D eigenvalue weighted by Crippen LogP contribution is -2.13. The third-order valence-corrected chi connectivity index (χ3v) is 4.63. The molecule has 1 N–H and O–H groups in total. The van der Waals surface area contributed by atoms with Crippen molar-refractivity contribution in [3.05, 3.63) is 63.6 Å². The van der Waals surface area contributed by atoms with Crippen LogP contribution in [0.4, 0.5) is 0 Å². The Morgan fingerprint density at radius 2 is 1.82 bits per heavy atom. The first kappa shape index (κ1) is 25.5. The zero-order chi connectivity index (χ0) is 21.5. The second-order valence-corrected chi connectivity index (χ2v) is 6.51. The fourth-order valence-electron chi connectivity index (χ4n) is 3.32. The SMILES string of the molecule is C/C=C\c1c(C)ccc2c1CNCCC2.C=O.C=O.CCc1cc(C)oc1C. The summed E-state index contributed by atoms with van der Waals surface area (Å²) in [4.78, 5) is 16.0. The van der Waals surface area contributed by atoms with Gasteiger partial charge in [0, 0.05) is 6.54 Å². The maximum Gasteiger partial charge on any atom is 0.106 e. The number of allylic oxidation sites excluding steroid dienone is 1. The lowest BCUT2D eigenvalue weighted by atomic mass is 9.94. The molecule has 28 heavy (non-hydrogen) atoms. The van der Waals surface area contributed by atoms with E-state index in [9.17, 15) is 0 Å². The van der Waals surface area contributed by atoms with Crippen molar-refractivity contribution >= 4 is 19.7 Å². The minimum atomic E-state index is 1.02. The summed E-state index contributed by atoms with van der Waals surface area (Å²) in [5.41, 5.74) is 7.16. The van der Waals surface area contributed by atoms with Crippen molar-refractivity contribution in [2.75, 3.05) is 6.54 Å². The number of fused-ring (bicyclic) bond motifs is 1. The first-order valence-electron chi connectivity index (χ1n) is 9.65. The van der Waals surface area contributed by atoms with Gasteiger partial charge < -0.3 is 19.3 Å². The van der Waals surface area contributed by atoms with Crippen molar-refractivity contribution in [2.24, 2.45) is 0 Å². The molecule has 1 aromatic heterocycles. The lowest BCUT2D eigenvalue weighted by molar-refractivity contribution is -0.0987. The summed E-state index contributed by atoms with van der Waals surface area (Å²) in [6.07, 6.45) is 7.91. The van der Waals surface area contributed by atoms with Crippen LogP contribution in [-0.4, -0.2) is 20.1 Å². The molecular formula is C24H35NO3. The largest absolute Gasteiger partial charge is 0.466 e. The number of furan rings is 1. The molecule has 2 aromatic rings. The molecule has 0 unspecified atom stereocenters. The number of hydrogen-bond acceptors (Lipinski definition) is 4. The van der Waals surface area contributed by atoms with Crippen molar-refractivity contribution in [1.82, 2.24) is 5.32 Å². The van der Waals surface area contributed by atoms with Gasteiger partial charge in [-0.1, -0.05) is 31.2 Å². The molecule has 1 aliphatic heterocycles. The predicted molar refractivity (Wildman–Crippen MR) is 118 cm³/mol. The summed E-state index contributed by atoms with van der Waals surface area (Å²) in [5.74, 6) is 2.08. The average Bonchev–Trinajstić information content (AvgIpc) is 2.90. The molecule has 0 saturated carbocycles. The summed E-state index contributed by atoms with van der Waals surface area (Å²) in [6, 6.07) is 6.64. The Kier molecular flexibility index (Phi) is 13.3. The van der Waals surface area contributed by atoms with Gasteiger partial charge in [0.25, 0.3) is 0 Å². The predicted octanol–water partition coefficient (Wildman–Crippen LogP) is 5.15. The summed E-state index contributed by atoms with van der Waals surface area (Å²) >= 11 is 0. The van der Waals surface area contributed by atoms with Crippen molar-refractivity contribution in [2.45, 2.75) is 60.4 Å². The number of benzene rings is 1. The molecule has 3 rings (SSSR count). The number of hydrogen-bond donors (Lipinski definition) is 1. The third-order valence-electron chi connectivity index (χ3n) is 4.63. The zero-order valence-electron chi connectivity index (χ0n) is 18.1. The molecule has 0 atom stereocenters. The van der Waals surface area contributed by atoms with Gasteiger partial charge in [0.1, 0.15) is 25.1 Å². The van der Waals surface area contributed by atoms with Crippen LogP contribution >= 0.6 is 0 Å². The highest BCUT2D eigenvalue weighted by molar-refractivity contribution is 5.60. The molecule has 0 bridgehead atoms. The Hall–Kier alpha value is -2.46. The van der Waals surface area contributed by atoms with E-state index in [0.717, 1.165) is 31.0 Å². The second kappa shape index (κ2) is 14.6. The number of aryl methyl sites for hydroxylation is 5. The summed E-state index contributed by atoms with van der Waals surface area (Å²) in [7, 11) is 0. The Balaban J connectivity index is 0.000000481. The molecule has 1 aliphatic rings. The van der Waals surface area contributed by atoms with Crippen LogP contribution in [0.3, 0.4) is 0 Å². The maximum atomic E-state index is 8.00. The van der Waals surface area contributed by atoms with Crippen LogP contribution in [0.25, 0.3) is 6.08 Å². The molecule has 0 fully saturated rings. The van der Waals surface area contributed by atoms with Crippen molar-refractivity contribution in [1.29, 1.82) is 0 Å². The van der Waals surface area contributed by atoms with E-state index in [1.807, 2.05) is 27.4 Å². The highest BCUT2D eigenvalue weighted by atomic mass is 16.3. The lowest BCUT2D eigenvalue weighted by Gasteiger charge is -2.12. The molecular weight excluding hydrogens is 350 g/mol. The normalized spacial score (nSPS) is 12.3. The van der Waals surface area contributed by atoms with Gasteiger partial charge in [-0.25, -0.2) is 0 Å². The smallest absolute Gasteiger partial charge is 0.106 e. The molecule has 1 aromatic carbocycles. The summed E-state index contributed by atoms with van der Waals surface area (Å²) < 4.78 is 5.31. The van der Waals surface area contributed by atoms with Crippen LogP contribution in [-0.2, 0) is 29.0 Å². The number of rotatable bonds is 2. The Morgan fingerprint density at radius 1 is 1.14 bits per heavy atom. The first-order valence-corrected chi connectivity index (χ1v) is 9.65. The molecule has 4 nitrogen and oxygen atoms in total. The Labute approximate surface area is 170 Å². The van der Waals surface area contributed by atoms with Gasteiger partial charge in [0.2, 0.25) is 0 Å². The first-order chi connectivity index (χ1) is 13.6. The third kappa shape index (κ3) is 7.65. The second-order valence-electron chi connectivity index (χ2n) is 6.51. The monoisotopic (exact) mass is 385 g/mol. The molecule has 0 spiro atoms. The van der Waals surface area contributed by atoms with E-state index in [4.69, 9.17) is 14.0 Å². The number of carbonyl (C=O) groups excluding carboxylic acids is 2. The van der Waals surface area contributed by atoms with Crippen LogP contribution in [0.1, 0.15) is 59.6 Å². The van der Waals surface area contributed by atoms with Gasteiger partial charge in [-0.2, -0.15) is 0 Å². The van der Waals surface area contributed by atoms with E-state index in [2.05, 4.69) is 56.4 Å². The van der Waals surface area contributed by atoms with Gasteiger partial charge >= 0.3 is 0 Å². The quantitative estimate of drug-likeness (QED) is 0.776. The van der Waals surface area contributed by atoms with E-state index in [1.54, 1.807) is 0 Å². The highest BCUT2D eigenvalue weighted by Crippen LogP contribution is 2.23. The molecule has 0 saturated heterocycles. The minimum Gasteiger partial charge on any atom is -0.466 e. The van der Waals surface area contributed by atoms with E-state index < -0.39 is 0 Å². The number of nitrogens with one attached hydrogen (secondary N) is 1. The molecule has 0 radical (unpaired) electrons. The molecule has 4 heteroatoms. The average molecular weight is 386 g/mol. The van der Waals surface area contributed by atoms with Gasteiger partial charge in [-0.05, 0) is 87.4 Å². The van der Waals surface area contributed by atoms with E-state index in [1.165, 1.54) is 40.7 Å². The van der Waals surface area contributed by atoms with Crippen LogP contribution in [0.2, 0.25) is 0 Å². The highest BCUT2D eigenvalue weighted by Gasteiger charge is 2.11. The molecule has 154 valence electrons. The Bertz CT molecular complexity index is 730. The maximum absolute atomic E-state index is 8.00. The topological polar surface area (TPSA) is 59.3 Å². The summed E-state index contributed by atoms with van der Waals surface area (Å²) in [6.45, 7) is 16.6. The van der Waals surface area contributed by atoms with Crippen molar-refractivity contribution in [3.63, 3.8) is 0 Å². The summed E-state index contributed by atoms with van der Waals surface area (Å²) in [5, 5.41) is 3.50. The number of carbonyl (C=O) groups is 2. The van der Waals surface area contributed by atoms with E-state index in [-0.39, 0.29) is 0 Å². The zero-order valence-corrected chi connectivity index (χ0v) is 18.1. The molecule has 0 amide bonds. The standard InChI is InChI=1S/C14H19N.C8H12O.2CH2O/c1-3-5-13-11(2)7-8-12-6-4-9-15-10-14(12)13;1-4-8-5-6(2)9-7(8)3;2*1-2/h3,5,7-8,15H,4,6,9-10H2,1-2H3;5H,4H2,1-3H3;2*1H2/b5-3-;;;.